The molecule has 0 bridgehead atoms. The number of anilines is 1. The number of carbonyl (C=O) groups excluding carboxylic acids is 2. The fourth-order valence-electron chi connectivity index (χ4n) is 3.71. The number of urea groups is 1. The predicted octanol–water partition coefficient (Wildman–Crippen LogP) is 3.12. The van der Waals surface area contributed by atoms with Gasteiger partial charge in [-0.3, -0.25) is 10.1 Å². The minimum Gasteiger partial charge on any atom is -0.357 e. The molecule has 1 aliphatic heterocycles. The van der Waals surface area contributed by atoms with Gasteiger partial charge >= 0.3 is 6.03 Å². The van der Waals surface area contributed by atoms with Gasteiger partial charge in [-0.2, -0.15) is 0 Å². The summed E-state index contributed by atoms with van der Waals surface area (Å²) in [6, 6.07) is 3.48. The number of hydrogen-bond donors (Lipinski definition) is 2. The van der Waals surface area contributed by atoms with Crippen molar-refractivity contribution in [1.29, 1.82) is 0 Å². The van der Waals surface area contributed by atoms with Crippen molar-refractivity contribution in [3.63, 3.8) is 0 Å². The monoisotopic (exact) mass is 387 g/mol. The van der Waals surface area contributed by atoms with E-state index in [0.29, 0.717) is 37.0 Å². The molecule has 4 rings (SSSR count). The highest BCUT2D eigenvalue weighted by atomic mass is 32.1. The maximum Gasteiger partial charge on any atom is 0.323 e. The van der Waals surface area contributed by atoms with Gasteiger partial charge in [0.05, 0.1) is 5.69 Å². The van der Waals surface area contributed by atoms with Crippen LogP contribution < -0.4 is 5.32 Å². The lowest BCUT2D eigenvalue weighted by Gasteiger charge is -2.21. The number of carbonyl (C=O) groups is 2. The first-order valence-electron chi connectivity index (χ1n) is 9.68. The number of amides is 3. The van der Waals surface area contributed by atoms with Crippen LogP contribution in [0.15, 0.2) is 18.3 Å². The van der Waals surface area contributed by atoms with Gasteiger partial charge in [0, 0.05) is 37.3 Å². The number of fused-ring (bicyclic) bond motifs is 1. The molecular formula is C19H25N5O2S. The summed E-state index contributed by atoms with van der Waals surface area (Å²) in [5.41, 5.74) is 1.75. The molecule has 0 atom stereocenters. The summed E-state index contributed by atoms with van der Waals surface area (Å²) in [5.74, 6) is -0.00841. The first kappa shape index (κ1) is 18.0. The molecule has 1 fully saturated rings. The lowest BCUT2D eigenvalue weighted by atomic mass is 10.2. The second kappa shape index (κ2) is 8.12. The van der Waals surface area contributed by atoms with Crippen molar-refractivity contribution in [2.24, 2.45) is 0 Å². The molecule has 3 amide bonds. The summed E-state index contributed by atoms with van der Waals surface area (Å²) in [5, 5.41) is 3.68. The second-order valence-electron chi connectivity index (χ2n) is 7.10. The zero-order chi connectivity index (χ0) is 18.6. The van der Waals surface area contributed by atoms with E-state index in [1.807, 2.05) is 11.0 Å². The fraction of sp³-hybridized carbons (Fsp3) is 0.526. The van der Waals surface area contributed by atoms with Crippen molar-refractivity contribution in [2.45, 2.75) is 38.5 Å². The van der Waals surface area contributed by atoms with Gasteiger partial charge < -0.3 is 14.8 Å². The van der Waals surface area contributed by atoms with Crippen LogP contribution in [-0.4, -0.2) is 57.9 Å². The molecule has 0 radical (unpaired) electrons. The standard InChI is InChI=1S/C19H25N5O2S/c25-17(15-7-4-9-20-15)23-10-5-11-24(13-12-23)19(26)22-18-21-14-6-2-1-3-8-16(14)27-18/h4,7,9,20H,1-3,5-6,8,10-13H2,(H,21,22,26). The smallest absolute Gasteiger partial charge is 0.323 e. The van der Waals surface area contributed by atoms with Gasteiger partial charge in [0.25, 0.3) is 5.91 Å². The molecule has 1 saturated heterocycles. The molecule has 0 spiro atoms. The summed E-state index contributed by atoms with van der Waals surface area (Å²) in [6.07, 6.45) is 8.26. The van der Waals surface area contributed by atoms with E-state index in [-0.39, 0.29) is 11.9 Å². The molecule has 7 nitrogen and oxygen atoms in total. The normalized spacial score (nSPS) is 17.8. The van der Waals surface area contributed by atoms with Crippen LogP contribution in [0.1, 0.15) is 46.7 Å². The Balaban J connectivity index is 1.35. The fourth-order valence-corrected chi connectivity index (χ4v) is 4.75. The quantitative estimate of drug-likeness (QED) is 0.777. The lowest BCUT2D eigenvalue weighted by Crippen LogP contribution is -2.39. The summed E-state index contributed by atoms with van der Waals surface area (Å²) in [6.45, 7) is 2.38. The van der Waals surface area contributed by atoms with Crippen LogP contribution in [0.5, 0.6) is 0 Å². The molecule has 27 heavy (non-hydrogen) atoms. The summed E-state index contributed by atoms with van der Waals surface area (Å²) < 4.78 is 0. The highest BCUT2D eigenvalue weighted by Crippen LogP contribution is 2.29. The Morgan fingerprint density at radius 3 is 2.70 bits per heavy atom. The molecule has 2 aromatic heterocycles. The number of aryl methyl sites for hydroxylation is 2. The van der Waals surface area contributed by atoms with E-state index in [0.717, 1.165) is 25.0 Å². The number of nitrogens with zero attached hydrogens (tertiary/aromatic N) is 3. The van der Waals surface area contributed by atoms with Crippen molar-refractivity contribution in [2.75, 3.05) is 31.5 Å². The minimum atomic E-state index is -0.118. The molecule has 144 valence electrons. The molecule has 2 N–H and O–H groups in total. The second-order valence-corrected chi connectivity index (χ2v) is 8.18. The number of rotatable bonds is 2. The molecule has 0 aromatic carbocycles. The third-order valence-corrected chi connectivity index (χ3v) is 6.28. The van der Waals surface area contributed by atoms with Crippen molar-refractivity contribution >= 4 is 28.4 Å². The van der Waals surface area contributed by atoms with E-state index in [1.165, 1.54) is 24.1 Å². The van der Waals surface area contributed by atoms with Gasteiger partial charge in [-0.15, -0.1) is 11.3 Å². The predicted molar refractivity (Wildman–Crippen MR) is 105 cm³/mol. The maximum absolute atomic E-state index is 12.7. The van der Waals surface area contributed by atoms with Crippen LogP contribution in [0.25, 0.3) is 0 Å². The molecule has 3 heterocycles. The van der Waals surface area contributed by atoms with Crippen LogP contribution in [0, 0.1) is 0 Å². The van der Waals surface area contributed by atoms with Gasteiger partial charge in [-0.05, 0) is 44.2 Å². The number of thiazole rings is 1. The Bertz CT molecular complexity index is 778. The molecule has 2 aromatic rings. The molecular weight excluding hydrogens is 362 g/mol. The Morgan fingerprint density at radius 2 is 1.85 bits per heavy atom. The third-order valence-electron chi connectivity index (χ3n) is 5.21. The molecule has 0 saturated carbocycles. The number of hydrogen-bond acceptors (Lipinski definition) is 4. The summed E-state index contributed by atoms with van der Waals surface area (Å²) >= 11 is 1.61. The first-order valence-corrected chi connectivity index (χ1v) is 10.5. The zero-order valence-electron chi connectivity index (χ0n) is 15.4. The largest absolute Gasteiger partial charge is 0.357 e. The van der Waals surface area contributed by atoms with E-state index in [2.05, 4.69) is 15.3 Å². The third kappa shape index (κ3) is 4.16. The highest BCUT2D eigenvalue weighted by molar-refractivity contribution is 7.15. The Hall–Kier alpha value is -2.35. The molecule has 1 aliphatic carbocycles. The number of nitrogens with one attached hydrogen (secondary N) is 2. The summed E-state index contributed by atoms with van der Waals surface area (Å²) in [4.78, 5) is 37.7. The highest BCUT2D eigenvalue weighted by Gasteiger charge is 2.24. The van der Waals surface area contributed by atoms with E-state index >= 15 is 0 Å². The number of aromatic nitrogens is 2. The van der Waals surface area contributed by atoms with Crippen LogP contribution in [0.3, 0.4) is 0 Å². The van der Waals surface area contributed by atoms with Crippen molar-refractivity contribution in [1.82, 2.24) is 19.8 Å². The van der Waals surface area contributed by atoms with E-state index < -0.39 is 0 Å². The van der Waals surface area contributed by atoms with Gasteiger partial charge in [0.2, 0.25) is 0 Å². The topological polar surface area (TPSA) is 81.3 Å². The van der Waals surface area contributed by atoms with Crippen LogP contribution in [0.2, 0.25) is 0 Å². The van der Waals surface area contributed by atoms with Crippen LogP contribution >= 0.6 is 11.3 Å². The number of aromatic amines is 1. The van der Waals surface area contributed by atoms with Crippen LogP contribution in [0.4, 0.5) is 9.93 Å². The minimum absolute atomic E-state index is 0.00841. The SMILES string of the molecule is O=C(Nc1nc2c(s1)CCCCC2)N1CCCN(C(=O)c2ccc[nH]2)CC1. The molecule has 8 heteroatoms. The molecule has 2 aliphatic rings. The van der Waals surface area contributed by atoms with Gasteiger partial charge in [-0.1, -0.05) is 6.42 Å². The average Bonchev–Trinajstić information content (AvgIpc) is 3.19. The van der Waals surface area contributed by atoms with E-state index in [4.69, 9.17) is 0 Å². The van der Waals surface area contributed by atoms with Gasteiger partial charge in [0.1, 0.15) is 5.69 Å². The molecule has 0 unspecified atom stereocenters. The summed E-state index contributed by atoms with van der Waals surface area (Å²) in [7, 11) is 0. The van der Waals surface area contributed by atoms with Crippen molar-refractivity contribution < 1.29 is 9.59 Å². The van der Waals surface area contributed by atoms with E-state index in [9.17, 15) is 9.59 Å². The number of H-pyrrole nitrogens is 1. The van der Waals surface area contributed by atoms with Gasteiger partial charge in [-0.25, -0.2) is 9.78 Å². The first-order chi connectivity index (χ1) is 13.2. The van der Waals surface area contributed by atoms with Crippen LogP contribution in [-0.2, 0) is 12.8 Å². The van der Waals surface area contributed by atoms with E-state index in [1.54, 1.807) is 28.5 Å². The Kier molecular flexibility index (Phi) is 5.42. The zero-order valence-corrected chi connectivity index (χ0v) is 16.2. The lowest BCUT2D eigenvalue weighted by molar-refractivity contribution is 0.0757. The van der Waals surface area contributed by atoms with Crippen molar-refractivity contribution in [3.8, 4) is 0 Å². The van der Waals surface area contributed by atoms with Crippen molar-refractivity contribution in [3.05, 3.63) is 34.6 Å². The average molecular weight is 388 g/mol. The maximum atomic E-state index is 12.7. The Labute approximate surface area is 162 Å². The Morgan fingerprint density at radius 1 is 1.04 bits per heavy atom. The van der Waals surface area contributed by atoms with Gasteiger partial charge in [0.15, 0.2) is 5.13 Å².